The summed E-state index contributed by atoms with van der Waals surface area (Å²) in [7, 11) is 3.43. The summed E-state index contributed by atoms with van der Waals surface area (Å²) in [4.78, 5) is 27.3. The van der Waals surface area contributed by atoms with Gasteiger partial charge in [-0.25, -0.2) is 4.79 Å². The van der Waals surface area contributed by atoms with E-state index >= 15 is 0 Å². The van der Waals surface area contributed by atoms with E-state index in [1.807, 2.05) is 14.0 Å². The van der Waals surface area contributed by atoms with Gasteiger partial charge in [-0.3, -0.25) is 4.79 Å². The third kappa shape index (κ3) is 5.31. The largest absolute Gasteiger partial charge is 0.461 e. The highest BCUT2D eigenvalue weighted by molar-refractivity contribution is 5.87. The quantitative estimate of drug-likeness (QED) is 0.346. The zero-order valence-corrected chi connectivity index (χ0v) is 24.2. The summed E-state index contributed by atoms with van der Waals surface area (Å²) in [5.41, 5.74) is -0.306. The van der Waals surface area contributed by atoms with Crippen molar-refractivity contribution in [2.75, 3.05) is 34.0 Å². The van der Waals surface area contributed by atoms with Crippen molar-refractivity contribution in [3.05, 3.63) is 11.9 Å². The predicted octanol–water partition coefficient (Wildman–Crippen LogP) is 4.08. The van der Waals surface area contributed by atoms with Crippen LogP contribution in [0.25, 0.3) is 0 Å². The van der Waals surface area contributed by atoms with Crippen molar-refractivity contribution in [3.8, 4) is 0 Å². The van der Waals surface area contributed by atoms with Crippen LogP contribution in [0.4, 0.5) is 0 Å². The number of methoxy groups -OCH3 is 2. The summed E-state index contributed by atoms with van der Waals surface area (Å²) < 4.78 is 16.1. The highest BCUT2D eigenvalue weighted by Gasteiger charge is 2.63. The van der Waals surface area contributed by atoms with E-state index in [0.717, 1.165) is 58.0 Å². The van der Waals surface area contributed by atoms with Crippen molar-refractivity contribution in [3.63, 3.8) is 0 Å². The summed E-state index contributed by atoms with van der Waals surface area (Å²) in [6, 6.07) is 0. The molecule has 5 rings (SSSR count). The van der Waals surface area contributed by atoms with E-state index < -0.39 is 11.6 Å². The number of carbonyl (C=O) groups is 2. The van der Waals surface area contributed by atoms with Crippen LogP contribution in [0.5, 0.6) is 0 Å². The number of esters is 1. The van der Waals surface area contributed by atoms with Gasteiger partial charge < -0.3 is 19.3 Å². The van der Waals surface area contributed by atoms with E-state index in [0.29, 0.717) is 36.7 Å². The average Bonchev–Trinajstić information content (AvgIpc) is 3.51. The van der Waals surface area contributed by atoms with Gasteiger partial charge in [-0.2, -0.15) is 9.90 Å². The minimum atomic E-state index is -0.566. The molecule has 4 fully saturated rings. The maximum absolute atomic E-state index is 13.6. The van der Waals surface area contributed by atoms with Crippen molar-refractivity contribution in [1.82, 2.24) is 15.0 Å². The van der Waals surface area contributed by atoms with Crippen LogP contribution in [0.15, 0.2) is 6.20 Å². The monoisotopic (exact) mass is 545 g/mol. The zero-order chi connectivity index (χ0) is 27.8. The number of ketones is 1. The average molecular weight is 546 g/mol. The molecule has 0 spiro atoms. The number of Topliss-reactive ketones (excluding diaryl/α,β-unsaturated/α-hetero) is 1. The van der Waals surface area contributed by atoms with Crippen LogP contribution in [0.3, 0.4) is 0 Å². The minimum absolute atomic E-state index is 0.0120. The topological polar surface area (TPSA) is 113 Å². The van der Waals surface area contributed by atoms with Gasteiger partial charge in [-0.05, 0) is 99.2 Å². The second-order valence-electron chi connectivity index (χ2n) is 13.4. The highest BCUT2D eigenvalue weighted by atomic mass is 16.5. The van der Waals surface area contributed by atoms with Crippen LogP contribution < -0.4 is 0 Å². The molecule has 0 unspecified atom stereocenters. The summed E-state index contributed by atoms with van der Waals surface area (Å²) in [5.74, 6) is 1.89. The number of nitrogens with zero attached hydrogens (tertiary/aromatic N) is 3. The number of hydrogen-bond donors (Lipinski definition) is 1. The molecule has 0 saturated heterocycles. The first-order valence-electron chi connectivity index (χ1n) is 14.9. The first-order valence-corrected chi connectivity index (χ1v) is 14.9. The van der Waals surface area contributed by atoms with Gasteiger partial charge in [0.1, 0.15) is 6.54 Å². The lowest BCUT2D eigenvalue weighted by molar-refractivity contribution is -0.175. The third-order valence-corrected chi connectivity index (χ3v) is 11.2. The molecule has 0 aromatic carbocycles. The molecule has 39 heavy (non-hydrogen) atoms. The Balaban J connectivity index is 1.25. The van der Waals surface area contributed by atoms with Crippen LogP contribution in [-0.2, 0) is 25.5 Å². The van der Waals surface area contributed by atoms with Crippen LogP contribution in [0, 0.1) is 40.4 Å². The fraction of sp³-hybridized carbons (Fsp3) is 0.867. The maximum atomic E-state index is 13.6. The van der Waals surface area contributed by atoms with Crippen molar-refractivity contribution in [1.29, 1.82) is 0 Å². The fourth-order valence-electron chi connectivity index (χ4n) is 9.47. The second-order valence-corrected chi connectivity index (χ2v) is 13.4. The molecule has 0 radical (unpaired) electrons. The normalized spacial score (nSPS) is 39.5. The Labute approximate surface area is 232 Å². The Hall–Kier alpha value is -1.84. The molecule has 1 heterocycles. The Morgan fingerprint density at radius 2 is 1.85 bits per heavy atom. The summed E-state index contributed by atoms with van der Waals surface area (Å²) in [6.45, 7) is 6.00. The molecule has 218 valence electrons. The molecule has 1 N–H and O–H groups in total. The van der Waals surface area contributed by atoms with E-state index in [-0.39, 0.29) is 41.4 Å². The van der Waals surface area contributed by atoms with Gasteiger partial charge in [0.2, 0.25) is 0 Å². The molecular weight excluding hydrogens is 498 g/mol. The molecule has 9 nitrogen and oxygen atoms in total. The fourth-order valence-corrected chi connectivity index (χ4v) is 9.47. The first kappa shape index (κ1) is 28.7. The lowest BCUT2D eigenvalue weighted by Gasteiger charge is -2.62. The van der Waals surface area contributed by atoms with Crippen LogP contribution in [0.1, 0.15) is 88.5 Å². The van der Waals surface area contributed by atoms with Crippen LogP contribution in [-0.4, -0.2) is 71.5 Å². The number of hydrogen-bond acceptors (Lipinski definition) is 8. The number of rotatable bonds is 10. The van der Waals surface area contributed by atoms with Crippen molar-refractivity contribution in [2.45, 2.75) is 90.2 Å². The van der Waals surface area contributed by atoms with Gasteiger partial charge in [0.15, 0.2) is 11.5 Å². The summed E-state index contributed by atoms with van der Waals surface area (Å²) >= 11 is 0. The maximum Gasteiger partial charge on any atom is 0.360 e. The Bertz CT molecular complexity index is 1040. The predicted molar refractivity (Wildman–Crippen MR) is 144 cm³/mol. The van der Waals surface area contributed by atoms with E-state index in [2.05, 4.69) is 17.1 Å². The highest BCUT2D eigenvalue weighted by Crippen LogP contribution is 2.68. The molecule has 1 aromatic rings. The van der Waals surface area contributed by atoms with Gasteiger partial charge in [-0.1, -0.05) is 6.92 Å². The molecule has 4 aliphatic rings. The molecular formula is C30H47N3O6. The van der Waals surface area contributed by atoms with Crippen LogP contribution >= 0.6 is 0 Å². The SMILES string of the molecule is COCCCOC(=O)c1cnn(CC(=O)[C@H]2CC[C@H]3[C@@H]4CC[C@H]5C[C@](C)(O)CC[C@]5(COC)[C@H]4CC[C@]23C)n1. The van der Waals surface area contributed by atoms with E-state index in [1.54, 1.807) is 7.11 Å². The molecule has 9 heteroatoms. The molecule has 1 aromatic heterocycles. The molecule has 0 aliphatic heterocycles. The van der Waals surface area contributed by atoms with E-state index in [4.69, 9.17) is 14.2 Å². The third-order valence-electron chi connectivity index (χ3n) is 11.2. The van der Waals surface area contributed by atoms with Crippen molar-refractivity contribution >= 4 is 11.8 Å². The number of carbonyl (C=O) groups excluding carboxylic acids is 2. The molecule has 0 amide bonds. The summed E-state index contributed by atoms with van der Waals surface area (Å²) in [5, 5.41) is 19.3. The number of aromatic nitrogens is 3. The molecule has 4 aliphatic carbocycles. The van der Waals surface area contributed by atoms with E-state index in [1.165, 1.54) is 17.4 Å². The van der Waals surface area contributed by atoms with Crippen molar-refractivity contribution in [2.24, 2.45) is 40.4 Å². The lowest BCUT2D eigenvalue weighted by Crippen LogP contribution is -2.58. The van der Waals surface area contributed by atoms with Crippen LogP contribution in [0.2, 0.25) is 0 Å². The molecule has 8 atom stereocenters. The zero-order valence-electron chi connectivity index (χ0n) is 24.2. The molecule has 4 saturated carbocycles. The minimum Gasteiger partial charge on any atom is -0.461 e. The number of aliphatic hydroxyl groups is 1. The molecule has 0 bridgehead atoms. The smallest absolute Gasteiger partial charge is 0.360 e. The van der Waals surface area contributed by atoms with E-state index in [9.17, 15) is 14.7 Å². The van der Waals surface area contributed by atoms with Gasteiger partial charge in [0.25, 0.3) is 0 Å². The van der Waals surface area contributed by atoms with Gasteiger partial charge >= 0.3 is 5.97 Å². The Kier molecular flexibility index (Phi) is 8.24. The van der Waals surface area contributed by atoms with Crippen molar-refractivity contribution < 1.29 is 28.9 Å². The second kappa shape index (κ2) is 11.2. The Morgan fingerprint density at radius 3 is 2.62 bits per heavy atom. The lowest BCUT2D eigenvalue weighted by atomic mass is 9.43. The number of fused-ring (bicyclic) bond motifs is 5. The van der Waals surface area contributed by atoms with Gasteiger partial charge in [0, 0.05) is 33.2 Å². The van der Waals surface area contributed by atoms with Gasteiger partial charge in [-0.15, -0.1) is 5.10 Å². The summed E-state index contributed by atoms with van der Waals surface area (Å²) in [6.07, 6.45) is 11.3. The standard InChI is InChI=1S/C30H47N3O6/c1-28(36)12-13-30(19-38-4)20(16-28)6-7-21-22-8-9-24(29(22,2)11-10-23(21)30)26(34)18-33-31-17-25(32-33)27(35)39-15-5-14-37-3/h17,20-24,36H,5-16,18-19H2,1-4H3/t20-,21-,22-,23-,24+,28+,29-,30+/m0/s1. The first-order chi connectivity index (χ1) is 18.6. The Morgan fingerprint density at radius 1 is 1.03 bits per heavy atom. The number of ether oxygens (including phenoxy) is 3. The van der Waals surface area contributed by atoms with Gasteiger partial charge in [0.05, 0.1) is 25.0 Å².